The summed E-state index contributed by atoms with van der Waals surface area (Å²) in [4.78, 5) is 0. The number of fused-ring (bicyclic) bond motifs is 1. The fraction of sp³-hybridized carbons (Fsp3) is 0.200. The van der Waals surface area contributed by atoms with Gasteiger partial charge < -0.3 is 10.5 Å². The average Bonchev–Trinajstić information content (AvgIpc) is 2.61. The van der Waals surface area contributed by atoms with Crippen molar-refractivity contribution in [3.63, 3.8) is 0 Å². The first-order chi connectivity index (χ1) is 11.6. The van der Waals surface area contributed by atoms with Crippen LogP contribution in [0, 0.1) is 10.8 Å². The first-order valence-corrected chi connectivity index (χ1v) is 8.05. The molecule has 0 atom stereocenters. The number of benzene rings is 2. The van der Waals surface area contributed by atoms with Crippen molar-refractivity contribution in [1.29, 1.82) is 10.8 Å². The zero-order valence-electron chi connectivity index (χ0n) is 13.9. The van der Waals surface area contributed by atoms with Crippen LogP contribution in [0.3, 0.4) is 0 Å². The summed E-state index contributed by atoms with van der Waals surface area (Å²) in [5, 5.41) is 16.2. The summed E-state index contributed by atoms with van der Waals surface area (Å²) in [6.45, 7) is 2.93. The molecule has 0 radical (unpaired) electrons. The molecule has 4 N–H and O–H groups in total. The normalized spacial score (nSPS) is 12.9. The quantitative estimate of drug-likeness (QED) is 0.431. The van der Waals surface area contributed by atoms with Gasteiger partial charge in [-0.25, -0.2) is 0 Å². The maximum atomic E-state index is 7.03. The number of hydrogen-bond acceptors (Lipinski definition) is 4. The second kappa shape index (κ2) is 8.67. The molecule has 0 amide bonds. The number of hydrogen-bond donors (Lipinski definition) is 3. The summed E-state index contributed by atoms with van der Waals surface area (Å²) >= 11 is 0. The molecule has 0 unspecified atom stereocenters. The van der Waals surface area contributed by atoms with Gasteiger partial charge in [-0.15, -0.1) is 0 Å². The summed E-state index contributed by atoms with van der Waals surface area (Å²) in [7, 11) is 0. The maximum Gasteiger partial charge on any atom is 0.127 e. The van der Waals surface area contributed by atoms with Crippen molar-refractivity contribution in [2.45, 2.75) is 19.8 Å². The van der Waals surface area contributed by atoms with Gasteiger partial charge in [0.15, 0.2) is 0 Å². The second-order valence-electron chi connectivity index (χ2n) is 5.45. The van der Waals surface area contributed by atoms with Crippen molar-refractivity contribution in [1.82, 2.24) is 0 Å². The number of nitrogens with one attached hydrogen (secondary N) is 2. The van der Waals surface area contributed by atoms with Crippen molar-refractivity contribution in [2.24, 2.45) is 0 Å². The van der Waals surface area contributed by atoms with Gasteiger partial charge in [0.25, 0.3) is 0 Å². The van der Waals surface area contributed by atoms with Crippen LogP contribution in [0.2, 0.25) is 0 Å². The van der Waals surface area contributed by atoms with Gasteiger partial charge >= 0.3 is 0 Å². The first kappa shape index (κ1) is 17.5. The van der Waals surface area contributed by atoms with E-state index >= 15 is 0 Å². The van der Waals surface area contributed by atoms with E-state index in [2.05, 4.69) is 6.92 Å². The molecule has 24 heavy (non-hydrogen) atoms. The van der Waals surface area contributed by atoms with E-state index in [1.165, 1.54) is 0 Å². The molecule has 124 valence electrons. The second-order valence-corrected chi connectivity index (χ2v) is 5.45. The number of nitrogen functional groups attached to an aromatic ring is 1. The van der Waals surface area contributed by atoms with E-state index < -0.39 is 0 Å². The van der Waals surface area contributed by atoms with Crippen LogP contribution < -0.4 is 10.5 Å². The molecule has 1 aliphatic rings. The van der Waals surface area contributed by atoms with E-state index in [9.17, 15) is 0 Å². The minimum absolute atomic E-state index is 0.285. The third-order valence-electron chi connectivity index (χ3n) is 3.60. The maximum absolute atomic E-state index is 7.03. The Morgan fingerprint density at radius 3 is 2.12 bits per heavy atom. The smallest absolute Gasteiger partial charge is 0.127 e. The number of rotatable bonds is 4. The lowest BCUT2D eigenvalue weighted by Crippen LogP contribution is -2.06. The van der Waals surface area contributed by atoms with E-state index in [0.717, 1.165) is 41.7 Å². The van der Waals surface area contributed by atoms with Crippen molar-refractivity contribution in [3.8, 4) is 5.75 Å². The minimum Gasteiger partial charge on any atom is -0.493 e. The van der Waals surface area contributed by atoms with Gasteiger partial charge in [0.05, 0.1) is 18.0 Å². The number of nitrogens with two attached hydrogens (primary N) is 1. The number of anilines is 1. The van der Waals surface area contributed by atoms with Gasteiger partial charge in [0.2, 0.25) is 0 Å². The van der Waals surface area contributed by atoms with Crippen LogP contribution in [0.5, 0.6) is 5.75 Å². The van der Waals surface area contributed by atoms with E-state index in [1.807, 2.05) is 36.4 Å². The molecule has 2 aromatic carbocycles. The number of allylic oxidation sites excluding steroid dienone is 4. The Hall–Kier alpha value is -2.88. The highest BCUT2D eigenvalue weighted by molar-refractivity contribution is 6.48. The van der Waals surface area contributed by atoms with Gasteiger partial charge in [0.1, 0.15) is 5.75 Å². The predicted octanol–water partition coefficient (Wildman–Crippen LogP) is 4.75. The third-order valence-corrected chi connectivity index (χ3v) is 3.60. The molecule has 3 rings (SSSR count). The van der Waals surface area contributed by atoms with Gasteiger partial charge in [0, 0.05) is 16.5 Å². The molecule has 0 fully saturated rings. The third kappa shape index (κ3) is 4.56. The highest BCUT2D eigenvalue weighted by Crippen LogP contribution is 2.29. The first-order valence-electron chi connectivity index (χ1n) is 8.05. The van der Waals surface area contributed by atoms with E-state index in [0.29, 0.717) is 0 Å². The topological polar surface area (TPSA) is 83.0 Å². The number of ether oxygens (including phenoxy) is 1. The van der Waals surface area contributed by atoms with Crippen LogP contribution in [0.15, 0.2) is 60.7 Å². The summed E-state index contributed by atoms with van der Waals surface area (Å²) < 4.78 is 5.76. The lowest BCUT2D eigenvalue weighted by Gasteiger charge is -2.10. The summed E-state index contributed by atoms with van der Waals surface area (Å²) in [6.07, 6.45) is 8.93. The van der Waals surface area contributed by atoms with Crippen molar-refractivity contribution in [2.75, 3.05) is 12.3 Å². The van der Waals surface area contributed by atoms with Crippen LogP contribution in [0.25, 0.3) is 10.8 Å². The zero-order valence-corrected chi connectivity index (χ0v) is 13.9. The van der Waals surface area contributed by atoms with Gasteiger partial charge in [-0.3, -0.25) is 10.8 Å². The largest absolute Gasteiger partial charge is 0.493 e. The lowest BCUT2D eigenvalue weighted by molar-refractivity contribution is 0.313. The summed E-state index contributed by atoms with van der Waals surface area (Å²) in [5.74, 6) is 0.929. The molecule has 2 aromatic rings. The molecule has 4 nitrogen and oxygen atoms in total. The monoisotopic (exact) mass is 321 g/mol. The summed E-state index contributed by atoms with van der Waals surface area (Å²) in [5.41, 5.74) is 7.30. The fourth-order valence-corrected chi connectivity index (χ4v) is 2.23. The molecule has 1 aliphatic carbocycles. The fourth-order valence-electron chi connectivity index (χ4n) is 2.23. The predicted molar refractivity (Wildman–Crippen MR) is 102 cm³/mol. The molecular formula is C20H23N3O. The van der Waals surface area contributed by atoms with E-state index in [4.69, 9.17) is 21.3 Å². The van der Waals surface area contributed by atoms with Crippen LogP contribution in [-0.2, 0) is 0 Å². The van der Waals surface area contributed by atoms with Gasteiger partial charge in [-0.2, -0.15) is 0 Å². The van der Waals surface area contributed by atoms with Crippen LogP contribution >= 0.6 is 0 Å². The molecular weight excluding hydrogens is 298 g/mol. The number of unbranched alkanes of at least 4 members (excludes halogenated alkanes) is 1. The average molecular weight is 321 g/mol. The Morgan fingerprint density at radius 2 is 1.54 bits per heavy atom. The minimum atomic E-state index is 0.285. The highest BCUT2D eigenvalue weighted by Gasteiger charge is 2.03. The Labute approximate surface area is 142 Å². The van der Waals surface area contributed by atoms with E-state index in [1.54, 1.807) is 24.3 Å². The van der Waals surface area contributed by atoms with Crippen molar-refractivity contribution < 1.29 is 4.74 Å². The molecule has 0 saturated carbocycles. The lowest BCUT2D eigenvalue weighted by atomic mass is 10.1. The Balaban J connectivity index is 0.000000219. The van der Waals surface area contributed by atoms with Crippen LogP contribution in [-0.4, -0.2) is 18.0 Å². The molecule has 0 aliphatic heterocycles. The molecule has 0 aromatic heterocycles. The van der Waals surface area contributed by atoms with Gasteiger partial charge in [-0.1, -0.05) is 49.8 Å². The Kier molecular flexibility index (Phi) is 6.32. The van der Waals surface area contributed by atoms with Gasteiger partial charge in [-0.05, 0) is 30.7 Å². The standard InChI is InChI=1S/C14H17NO.C6H6N2/c1-2-3-10-16-14-9-8-13(15)11-6-4-5-7-12(11)14;7-5-3-1-2-4-6(5)8/h4-9H,2-3,10,15H2,1H3;1-4,7-8H. The van der Waals surface area contributed by atoms with Crippen LogP contribution in [0.1, 0.15) is 19.8 Å². The molecule has 0 saturated heterocycles. The Morgan fingerprint density at radius 1 is 0.917 bits per heavy atom. The molecule has 4 heteroatoms. The zero-order chi connectivity index (χ0) is 17.4. The van der Waals surface area contributed by atoms with Crippen molar-refractivity contribution in [3.05, 3.63) is 60.7 Å². The SMILES string of the molecule is CCCCOc1ccc(N)c2ccccc12.N=C1C=CC=CC1=N. The molecule has 0 bridgehead atoms. The molecule has 0 spiro atoms. The highest BCUT2D eigenvalue weighted by atomic mass is 16.5. The Bertz CT molecular complexity index is 769. The van der Waals surface area contributed by atoms with Crippen molar-refractivity contribution >= 4 is 27.9 Å². The van der Waals surface area contributed by atoms with E-state index in [-0.39, 0.29) is 11.4 Å². The van der Waals surface area contributed by atoms with Crippen LogP contribution in [0.4, 0.5) is 5.69 Å². The summed E-state index contributed by atoms with van der Waals surface area (Å²) in [6, 6.07) is 11.9. The molecule has 0 heterocycles.